The van der Waals surface area contributed by atoms with E-state index in [1.54, 1.807) is 13.1 Å². The Morgan fingerprint density at radius 1 is 1.11 bits per heavy atom. The molecule has 1 aromatic heterocycles. The molecule has 0 aliphatic heterocycles. The van der Waals surface area contributed by atoms with Crippen molar-refractivity contribution in [2.24, 2.45) is 7.05 Å². The van der Waals surface area contributed by atoms with Gasteiger partial charge in [-0.2, -0.15) is 0 Å². The van der Waals surface area contributed by atoms with Gasteiger partial charge in [0, 0.05) is 19.0 Å². The zero-order valence-corrected chi connectivity index (χ0v) is 16.6. The van der Waals surface area contributed by atoms with Gasteiger partial charge in [-0.05, 0) is 48.4 Å². The third-order valence-electron chi connectivity index (χ3n) is 5.24. The van der Waals surface area contributed by atoms with E-state index < -0.39 is 0 Å². The van der Waals surface area contributed by atoms with E-state index in [1.165, 1.54) is 26.8 Å². The summed E-state index contributed by atoms with van der Waals surface area (Å²) in [6, 6.07) is 18.7. The van der Waals surface area contributed by atoms with Crippen molar-refractivity contribution in [3.05, 3.63) is 106 Å². The Hall–Kier alpha value is -3.14. The highest BCUT2D eigenvalue weighted by molar-refractivity contribution is 5.31. The lowest BCUT2D eigenvalue weighted by Crippen LogP contribution is -2.22. The summed E-state index contributed by atoms with van der Waals surface area (Å²) in [5, 5.41) is 0. The zero-order valence-electron chi connectivity index (χ0n) is 16.6. The molecule has 0 bridgehead atoms. The lowest BCUT2D eigenvalue weighted by atomic mass is 9.93. The van der Waals surface area contributed by atoms with Crippen LogP contribution in [-0.2, 0) is 26.3 Å². The number of aryl methyl sites for hydroxylation is 3. The molecule has 0 amide bonds. The molecule has 4 heteroatoms. The van der Waals surface area contributed by atoms with E-state index in [-0.39, 0.29) is 17.4 Å². The minimum Gasteiger partial charge on any atom is -0.369 e. The third-order valence-corrected chi connectivity index (χ3v) is 5.24. The van der Waals surface area contributed by atoms with Gasteiger partial charge in [0.2, 0.25) is 5.95 Å². The molecule has 3 aromatic rings. The number of hydrogen-bond acceptors (Lipinski definition) is 3. The van der Waals surface area contributed by atoms with Gasteiger partial charge < -0.3 is 5.73 Å². The van der Waals surface area contributed by atoms with Crippen molar-refractivity contribution in [2.45, 2.75) is 32.1 Å². The molecule has 2 N–H and O–H groups in total. The van der Waals surface area contributed by atoms with Crippen molar-refractivity contribution in [1.29, 1.82) is 0 Å². The molecule has 3 rings (SSSR count). The van der Waals surface area contributed by atoms with Crippen LogP contribution in [0, 0.1) is 6.92 Å². The van der Waals surface area contributed by atoms with Gasteiger partial charge in [0.05, 0.1) is 5.69 Å². The number of allylic oxidation sites excluding steroid dienone is 1. The van der Waals surface area contributed by atoms with Crippen molar-refractivity contribution in [2.75, 3.05) is 5.73 Å². The topological polar surface area (TPSA) is 60.9 Å². The van der Waals surface area contributed by atoms with E-state index in [9.17, 15) is 4.79 Å². The van der Waals surface area contributed by atoms with E-state index in [0.717, 1.165) is 19.3 Å². The molecule has 4 nitrogen and oxygen atoms in total. The Labute approximate surface area is 166 Å². The SMILES string of the molecule is C=C[C@@H](Cc1cccc(CCc2ccccc2C)c1)c1cc(=O)n(C)c(N)n1. The van der Waals surface area contributed by atoms with Crippen molar-refractivity contribution < 1.29 is 0 Å². The Bertz CT molecular complexity index is 1040. The van der Waals surface area contributed by atoms with E-state index in [4.69, 9.17) is 5.73 Å². The molecular formula is C24H27N3O. The Balaban J connectivity index is 1.75. The number of anilines is 1. The number of hydrogen-bond donors (Lipinski definition) is 1. The summed E-state index contributed by atoms with van der Waals surface area (Å²) in [7, 11) is 1.62. The highest BCUT2D eigenvalue weighted by atomic mass is 16.1. The fourth-order valence-corrected chi connectivity index (χ4v) is 3.41. The molecule has 1 heterocycles. The van der Waals surface area contributed by atoms with E-state index >= 15 is 0 Å². The summed E-state index contributed by atoms with van der Waals surface area (Å²) in [5.74, 6) is 0.171. The molecule has 0 spiro atoms. The molecular weight excluding hydrogens is 346 g/mol. The molecule has 0 saturated heterocycles. The van der Waals surface area contributed by atoms with Gasteiger partial charge in [-0.15, -0.1) is 6.58 Å². The molecule has 28 heavy (non-hydrogen) atoms. The van der Waals surface area contributed by atoms with Crippen LogP contribution < -0.4 is 11.3 Å². The van der Waals surface area contributed by atoms with Crippen LogP contribution in [0.3, 0.4) is 0 Å². The molecule has 0 unspecified atom stereocenters. The maximum atomic E-state index is 12.0. The van der Waals surface area contributed by atoms with Crippen molar-refractivity contribution in [3.8, 4) is 0 Å². The molecule has 0 aliphatic carbocycles. The van der Waals surface area contributed by atoms with Crippen molar-refractivity contribution in [3.63, 3.8) is 0 Å². The van der Waals surface area contributed by atoms with E-state index in [2.05, 4.69) is 67.0 Å². The quantitative estimate of drug-likeness (QED) is 0.638. The summed E-state index contributed by atoms with van der Waals surface area (Å²) < 4.78 is 1.34. The lowest BCUT2D eigenvalue weighted by molar-refractivity contribution is 0.759. The number of benzene rings is 2. The average molecular weight is 374 g/mol. The van der Waals surface area contributed by atoms with Gasteiger partial charge in [-0.25, -0.2) is 4.98 Å². The van der Waals surface area contributed by atoms with Gasteiger partial charge in [0.1, 0.15) is 0 Å². The Morgan fingerprint density at radius 2 is 1.86 bits per heavy atom. The van der Waals surface area contributed by atoms with Crippen LogP contribution in [0.15, 0.2) is 72.0 Å². The van der Waals surface area contributed by atoms with Crippen LogP contribution >= 0.6 is 0 Å². The highest BCUT2D eigenvalue weighted by Crippen LogP contribution is 2.21. The predicted octanol–water partition coefficient (Wildman–Crippen LogP) is 3.97. The monoisotopic (exact) mass is 373 g/mol. The molecule has 0 aliphatic rings. The summed E-state index contributed by atoms with van der Waals surface area (Å²) in [6.07, 6.45) is 4.59. The van der Waals surface area contributed by atoms with Gasteiger partial charge in [0.25, 0.3) is 5.56 Å². The van der Waals surface area contributed by atoms with Crippen LogP contribution in [0.2, 0.25) is 0 Å². The standard InChI is InChI=1S/C24H27N3O/c1-4-20(22-16-23(28)27(3)24(25)26-22)15-19-10-7-9-18(14-19)12-13-21-11-6-5-8-17(21)2/h4-11,14,16,20H,1,12-13,15H2,2-3H3,(H2,25,26)/t20-/m0/s1. The minimum absolute atomic E-state index is 0.0529. The van der Waals surface area contributed by atoms with Gasteiger partial charge in [-0.3, -0.25) is 9.36 Å². The number of aromatic nitrogens is 2. The first-order valence-electron chi connectivity index (χ1n) is 9.56. The highest BCUT2D eigenvalue weighted by Gasteiger charge is 2.13. The van der Waals surface area contributed by atoms with Crippen LogP contribution in [0.4, 0.5) is 5.95 Å². The predicted molar refractivity (Wildman–Crippen MR) is 116 cm³/mol. The smallest absolute Gasteiger partial charge is 0.254 e. The third kappa shape index (κ3) is 4.58. The maximum Gasteiger partial charge on any atom is 0.254 e. The molecule has 0 fully saturated rings. The zero-order chi connectivity index (χ0) is 20.1. The molecule has 0 radical (unpaired) electrons. The van der Waals surface area contributed by atoms with Crippen molar-refractivity contribution in [1.82, 2.24) is 9.55 Å². The van der Waals surface area contributed by atoms with Crippen LogP contribution in [0.25, 0.3) is 0 Å². The minimum atomic E-state index is -0.152. The van der Waals surface area contributed by atoms with Crippen molar-refractivity contribution >= 4 is 5.95 Å². The van der Waals surface area contributed by atoms with Crippen LogP contribution in [0.1, 0.15) is 33.9 Å². The molecule has 1 atom stereocenters. The van der Waals surface area contributed by atoms with Gasteiger partial charge in [0.15, 0.2) is 0 Å². The van der Waals surface area contributed by atoms with Crippen LogP contribution in [0.5, 0.6) is 0 Å². The fraction of sp³-hybridized carbons (Fsp3) is 0.250. The number of nitrogens with zero attached hydrogens (tertiary/aromatic N) is 2. The number of nitrogens with two attached hydrogens (primary N) is 1. The normalized spacial score (nSPS) is 11.9. The summed E-state index contributed by atoms with van der Waals surface area (Å²) >= 11 is 0. The average Bonchev–Trinajstić information content (AvgIpc) is 2.69. The second-order valence-electron chi connectivity index (χ2n) is 7.23. The first-order chi connectivity index (χ1) is 13.5. The van der Waals surface area contributed by atoms with Gasteiger partial charge >= 0.3 is 0 Å². The Kier molecular flexibility index (Phi) is 6.09. The Morgan fingerprint density at radius 3 is 2.57 bits per heavy atom. The maximum absolute atomic E-state index is 12.0. The molecule has 2 aromatic carbocycles. The first-order valence-corrected chi connectivity index (χ1v) is 9.56. The second-order valence-corrected chi connectivity index (χ2v) is 7.23. The second kappa shape index (κ2) is 8.70. The molecule has 144 valence electrons. The fourth-order valence-electron chi connectivity index (χ4n) is 3.41. The van der Waals surface area contributed by atoms with E-state index in [0.29, 0.717) is 5.69 Å². The lowest BCUT2D eigenvalue weighted by Gasteiger charge is -2.14. The van der Waals surface area contributed by atoms with E-state index in [1.807, 2.05) is 6.08 Å². The van der Waals surface area contributed by atoms with Gasteiger partial charge in [-0.1, -0.05) is 54.6 Å². The van der Waals surface area contributed by atoms with Crippen LogP contribution in [-0.4, -0.2) is 9.55 Å². The summed E-state index contributed by atoms with van der Waals surface area (Å²) in [4.78, 5) is 16.4. The number of nitrogen functional groups attached to an aromatic ring is 1. The first kappa shape index (κ1) is 19.6. The molecule has 0 saturated carbocycles. The number of rotatable bonds is 7. The summed E-state index contributed by atoms with van der Waals surface area (Å²) in [6.45, 7) is 6.09. The summed E-state index contributed by atoms with van der Waals surface area (Å²) in [5.41, 5.74) is 11.6. The largest absolute Gasteiger partial charge is 0.369 e.